The highest BCUT2D eigenvalue weighted by Gasteiger charge is 2.16. The normalized spacial score (nSPS) is 10.0. The Hall–Kier alpha value is -3.35. The minimum Gasteiger partial charge on any atom is -0.496 e. The molecule has 3 amide bonds. The Balaban J connectivity index is 2.06. The molecule has 7 nitrogen and oxygen atoms in total. The van der Waals surface area contributed by atoms with Gasteiger partial charge in [0.15, 0.2) is 0 Å². The van der Waals surface area contributed by atoms with E-state index in [4.69, 9.17) is 4.74 Å². The Morgan fingerprint density at radius 3 is 2.44 bits per heavy atom. The van der Waals surface area contributed by atoms with E-state index < -0.39 is 0 Å². The van der Waals surface area contributed by atoms with Gasteiger partial charge < -0.3 is 20.3 Å². The number of benzene rings is 2. The molecule has 0 unspecified atom stereocenters. The number of para-hydroxylation sites is 1. The van der Waals surface area contributed by atoms with E-state index in [9.17, 15) is 14.4 Å². The van der Waals surface area contributed by atoms with Crippen molar-refractivity contribution < 1.29 is 19.1 Å². The van der Waals surface area contributed by atoms with Crippen LogP contribution in [0.15, 0.2) is 48.5 Å². The van der Waals surface area contributed by atoms with E-state index in [2.05, 4.69) is 10.6 Å². The summed E-state index contributed by atoms with van der Waals surface area (Å²) in [6, 6.07) is 14.2. The van der Waals surface area contributed by atoms with Crippen LogP contribution >= 0.6 is 0 Å². The Bertz CT molecular complexity index is 835. The average molecular weight is 369 g/mol. The Kier molecular flexibility index (Phi) is 6.93. The molecule has 27 heavy (non-hydrogen) atoms. The van der Waals surface area contributed by atoms with E-state index >= 15 is 0 Å². The van der Waals surface area contributed by atoms with Gasteiger partial charge >= 0.3 is 0 Å². The highest BCUT2D eigenvalue weighted by atomic mass is 16.5. The quantitative estimate of drug-likeness (QED) is 0.784. The van der Waals surface area contributed by atoms with Gasteiger partial charge in [0.2, 0.25) is 17.7 Å². The molecular formula is C20H23N3O4. The topological polar surface area (TPSA) is 87.7 Å². The molecule has 0 atom stereocenters. The molecule has 0 aromatic heterocycles. The van der Waals surface area contributed by atoms with Crippen molar-refractivity contribution in [1.29, 1.82) is 0 Å². The predicted octanol–water partition coefficient (Wildman–Crippen LogP) is 2.32. The van der Waals surface area contributed by atoms with Gasteiger partial charge in [0.25, 0.3) is 0 Å². The second-order valence-electron chi connectivity index (χ2n) is 5.93. The first-order valence-corrected chi connectivity index (χ1v) is 8.45. The molecule has 0 aliphatic carbocycles. The molecule has 2 aromatic rings. The number of nitrogens with one attached hydrogen (secondary N) is 2. The van der Waals surface area contributed by atoms with Gasteiger partial charge in [0.05, 0.1) is 7.11 Å². The van der Waals surface area contributed by atoms with Crippen molar-refractivity contribution in [2.45, 2.75) is 20.4 Å². The highest BCUT2D eigenvalue weighted by Crippen LogP contribution is 2.20. The molecule has 0 heterocycles. The summed E-state index contributed by atoms with van der Waals surface area (Å²) in [7, 11) is 1.57. The molecule has 2 aromatic carbocycles. The van der Waals surface area contributed by atoms with Crippen molar-refractivity contribution in [3.63, 3.8) is 0 Å². The highest BCUT2D eigenvalue weighted by molar-refractivity contribution is 5.98. The molecular weight excluding hydrogens is 346 g/mol. The van der Waals surface area contributed by atoms with Crippen LogP contribution in [0.5, 0.6) is 5.75 Å². The fourth-order valence-corrected chi connectivity index (χ4v) is 2.58. The van der Waals surface area contributed by atoms with Crippen LogP contribution in [0.2, 0.25) is 0 Å². The molecule has 7 heteroatoms. The minimum absolute atomic E-state index is 0.131. The average Bonchev–Trinajstić information content (AvgIpc) is 2.64. The molecule has 0 bridgehead atoms. The predicted molar refractivity (Wildman–Crippen MR) is 104 cm³/mol. The summed E-state index contributed by atoms with van der Waals surface area (Å²) in [6.07, 6.45) is 0. The fraction of sp³-hybridized carbons (Fsp3) is 0.250. The maximum Gasteiger partial charge on any atom is 0.240 e. The van der Waals surface area contributed by atoms with Crippen molar-refractivity contribution in [3.8, 4) is 5.75 Å². The van der Waals surface area contributed by atoms with Gasteiger partial charge in [-0.1, -0.05) is 24.3 Å². The molecule has 0 saturated carbocycles. The van der Waals surface area contributed by atoms with Crippen LogP contribution in [0.4, 0.5) is 11.4 Å². The largest absolute Gasteiger partial charge is 0.496 e. The first-order chi connectivity index (χ1) is 12.9. The number of nitrogens with zero attached hydrogens (tertiary/aromatic N) is 1. The number of carbonyl (C=O) groups excluding carboxylic acids is 3. The van der Waals surface area contributed by atoms with Crippen LogP contribution in [0.1, 0.15) is 19.4 Å². The summed E-state index contributed by atoms with van der Waals surface area (Å²) in [5.74, 6) is -0.108. The summed E-state index contributed by atoms with van der Waals surface area (Å²) in [5.41, 5.74) is 1.93. The summed E-state index contributed by atoms with van der Waals surface area (Å²) in [6.45, 7) is 2.95. The van der Waals surface area contributed by atoms with Gasteiger partial charge in [-0.2, -0.15) is 0 Å². The van der Waals surface area contributed by atoms with Gasteiger partial charge in [-0.15, -0.1) is 0 Å². The van der Waals surface area contributed by atoms with Crippen molar-refractivity contribution >= 4 is 29.1 Å². The monoisotopic (exact) mass is 369 g/mol. The van der Waals surface area contributed by atoms with Gasteiger partial charge in [-0.25, -0.2) is 0 Å². The van der Waals surface area contributed by atoms with E-state index in [1.54, 1.807) is 31.4 Å². The van der Waals surface area contributed by atoms with E-state index in [-0.39, 0.29) is 24.3 Å². The van der Waals surface area contributed by atoms with Gasteiger partial charge in [0.1, 0.15) is 12.3 Å². The number of carbonyl (C=O) groups is 3. The summed E-state index contributed by atoms with van der Waals surface area (Å²) in [5, 5.41) is 5.45. The van der Waals surface area contributed by atoms with Crippen LogP contribution in [-0.4, -0.2) is 31.4 Å². The lowest BCUT2D eigenvalue weighted by Gasteiger charge is -2.21. The number of amides is 3. The van der Waals surface area contributed by atoms with E-state index in [1.165, 1.54) is 18.7 Å². The summed E-state index contributed by atoms with van der Waals surface area (Å²) in [4.78, 5) is 36.9. The Morgan fingerprint density at radius 1 is 1.04 bits per heavy atom. The van der Waals surface area contributed by atoms with Crippen molar-refractivity contribution in [2.75, 3.05) is 23.9 Å². The maximum absolute atomic E-state index is 12.4. The number of hydrogen-bond acceptors (Lipinski definition) is 4. The SMILES string of the molecule is COc1ccccc1CNC(=O)CN(C(C)=O)c1cccc(NC(C)=O)c1. The lowest BCUT2D eigenvalue weighted by Crippen LogP contribution is -2.39. The fourth-order valence-electron chi connectivity index (χ4n) is 2.58. The molecule has 0 aliphatic rings. The van der Waals surface area contributed by atoms with Gasteiger partial charge in [-0.05, 0) is 24.3 Å². The third kappa shape index (κ3) is 5.85. The van der Waals surface area contributed by atoms with Gasteiger partial charge in [0, 0.05) is 37.3 Å². The molecule has 2 N–H and O–H groups in total. The van der Waals surface area contributed by atoms with Crippen LogP contribution in [0.3, 0.4) is 0 Å². The number of anilines is 2. The van der Waals surface area contributed by atoms with Gasteiger partial charge in [-0.3, -0.25) is 14.4 Å². The minimum atomic E-state index is -0.305. The van der Waals surface area contributed by atoms with Crippen LogP contribution in [0.25, 0.3) is 0 Å². The molecule has 0 saturated heterocycles. The number of methoxy groups -OCH3 is 1. The van der Waals surface area contributed by atoms with Crippen LogP contribution in [0, 0.1) is 0 Å². The standard InChI is InChI=1S/C20H23N3O4/c1-14(24)22-17-8-6-9-18(11-17)23(15(2)25)13-20(26)21-12-16-7-4-5-10-19(16)27-3/h4-11H,12-13H2,1-3H3,(H,21,26)(H,22,24). The zero-order chi connectivity index (χ0) is 19.8. The lowest BCUT2D eigenvalue weighted by molar-refractivity contribution is -0.123. The van der Waals surface area contributed by atoms with E-state index in [1.807, 2.05) is 24.3 Å². The molecule has 2 rings (SSSR count). The zero-order valence-corrected chi connectivity index (χ0v) is 15.6. The smallest absolute Gasteiger partial charge is 0.240 e. The first-order valence-electron chi connectivity index (χ1n) is 8.45. The molecule has 0 fully saturated rings. The number of rotatable bonds is 7. The second-order valence-corrected chi connectivity index (χ2v) is 5.93. The second kappa shape index (κ2) is 9.38. The molecule has 0 spiro atoms. The third-order valence-electron chi connectivity index (χ3n) is 3.83. The van der Waals surface area contributed by atoms with Crippen LogP contribution < -0.4 is 20.3 Å². The van der Waals surface area contributed by atoms with Crippen molar-refractivity contribution in [1.82, 2.24) is 5.32 Å². The zero-order valence-electron chi connectivity index (χ0n) is 15.6. The van der Waals surface area contributed by atoms with E-state index in [0.717, 1.165) is 5.56 Å². The summed E-state index contributed by atoms with van der Waals surface area (Å²) >= 11 is 0. The van der Waals surface area contributed by atoms with Crippen molar-refractivity contribution in [2.24, 2.45) is 0 Å². The Labute approximate surface area is 158 Å². The van der Waals surface area contributed by atoms with Crippen molar-refractivity contribution in [3.05, 3.63) is 54.1 Å². The third-order valence-corrected chi connectivity index (χ3v) is 3.83. The number of ether oxygens (including phenoxy) is 1. The number of hydrogen-bond donors (Lipinski definition) is 2. The maximum atomic E-state index is 12.4. The molecule has 142 valence electrons. The first kappa shape index (κ1) is 20.0. The lowest BCUT2D eigenvalue weighted by atomic mass is 10.2. The summed E-state index contributed by atoms with van der Waals surface area (Å²) < 4.78 is 5.26. The molecule has 0 aliphatic heterocycles. The van der Waals surface area contributed by atoms with Crippen LogP contribution in [-0.2, 0) is 20.9 Å². The Morgan fingerprint density at radius 2 is 1.78 bits per heavy atom. The van der Waals surface area contributed by atoms with E-state index in [0.29, 0.717) is 23.7 Å². The molecule has 0 radical (unpaired) electrons.